The second kappa shape index (κ2) is 11.1. The van der Waals surface area contributed by atoms with Gasteiger partial charge in [-0.1, -0.05) is 24.3 Å². The van der Waals surface area contributed by atoms with Gasteiger partial charge in [-0.2, -0.15) is 5.10 Å². The first kappa shape index (κ1) is 25.0. The zero-order valence-electron chi connectivity index (χ0n) is 21.4. The van der Waals surface area contributed by atoms with Crippen LogP contribution in [0.15, 0.2) is 72.9 Å². The van der Waals surface area contributed by atoms with Gasteiger partial charge in [-0.05, 0) is 48.9 Å². The lowest BCUT2D eigenvalue weighted by Crippen LogP contribution is -2.21. The first-order chi connectivity index (χ1) is 18.5. The summed E-state index contributed by atoms with van der Waals surface area (Å²) in [5, 5.41) is 10.8. The molecule has 0 bridgehead atoms. The summed E-state index contributed by atoms with van der Waals surface area (Å²) in [6.07, 6.45) is 1.53. The van der Waals surface area contributed by atoms with Crippen molar-refractivity contribution in [3.05, 3.63) is 84.1 Å². The SMILES string of the molecule is COC[C@H](C)Nc1ccc(C(=O)Nc2cc(-c3nc4ccccc4[nH]3)n(Cc3ccc(OC)cc3)n2)cn1. The molecule has 0 unspecified atom stereocenters. The maximum absolute atomic E-state index is 13.0. The van der Waals surface area contributed by atoms with Gasteiger partial charge in [-0.3, -0.25) is 9.48 Å². The summed E-state index contributed by atoms with van der Waals surface area (Å²) in [6, 6.07) is 21.0. The highest BCUT2D eigenvalue weighted by atomic mass is 16.5. The zero-order chi connectivity index (χ0) is 26.5. The van der Waals surface area contributed by atoms with Crippen molar-refractivity contribution in [3.63, 3.8) is 0 Å². The number of hydrogen-bond donors (Lipinski definition) is 3. The van der Waals surface area contributed by atoms with Gasteiger partial charge in [0.2, 0.25) is 0 Å². The minimum atomic E-state index is -0.306. The molecule has 0 radical (unpaired) electrons. The quantitative estimate of drug-likeness (QED) is 0.251. The second-order valence-corrected chi connectivity index (χ2v) is 8.91. The van der Waals surface area contributed by atoms with E-state index in [0.717, 1.165) is 28.0 Å². The summed E-state index contributed by atoms with van der Waals surface area (Å²) in [7, 11) is 3.29. The Balaban J connectivity index is 1.39. The monoisotopic (exact) mass is 511 g/mol. The molecular weight excluding hydrogens is 482 g/mol. The van der Waals surface area contributed by atoms with E-state index in [9.17, 15) is 4.79 Å². The second-order valence-electron chi connectivity index (χ2n) is 8.91. The number of pyridine rings is 1. The van der Waals surface area contributed by atoms with Crippen LogP contribution >= 0.6 is 0 Å². The van der Waals surface area contributed by atoms with Gasteiger partial charge in [0.15, 0.2) is 11.6 Å². The summed E-state index contributed by atoms with van der Waals surface area (Å²) in [5.74, 6) is 2.22. The largest absolute Gasteiger partial charge is 0.497 e. The van der Waals surface area contributed by atoms with Gasteiger partial charge < -0.3 is 25.1 Å². The Kier molecular flexibility index (Phi) is 7.32. The molecule has 0 aliphatic rings. The molecule has 0 fully saturated rings. The standard InChI is InChI=1S/C28H29N7O3/c1-18(17-37-2)30-25-13-10-20(15-29-25)28(36)33-26-14-24(27-31-22-6-4-5-7-23(22)32-27)35(34-26)16-19-8-11-21(38-3)12-9-19/h4-15,18H,16-17H2,1-3H3,(H,29,30)(H,31,32)(H,33,34,36)/t18-/m0/s1. The van der Waals surface area contributed by atoms with E-state index < -0.39 is 0 Å². The van der Waals surface area contributed by atoms with Crippen LogP contribution < -0.4 is 15.4 Å². The van der Waals surface area contributed by atoms with E-state index in [1.165, 1.54) is 6.20 Å². The number of fused-ring (bicyclic) bond motifs is 1. The van der Waals surface area contributed by atoms with Crippen LogP contribution in [0.1, 0.15) is 22.8 Å². The van der Waals surface area contributed by atoms with Crippen molar-refractivity contribution in [2.45, 2.75) is 19.5 Å². The number of amides is 1. The summed E-state index contributed by atoms with van der Waals surface area (Å²) >= 11 is 0. The van der Waals surface area contributed by atoms with Crippen molar-refractivity contribution in [1.82, 2.24) is 24.7 Å². The predicted octanol–water partition coefficient (Wildman–Crippen LogP) is 4.58. The first-order valence-corrected chi connectivity index (χ1v) is 12.2. The third-order valence-corrected chi connectivity index (χ3v) is 5.98. The number of imidazole rings is 1. The first-order valence-electron chi connectivity index (χ1n) is 12.2. The molecule has 0 spiro atoms. The van der Waals surface area contributed by atoms with Crippen molar-refractivity contribution in [3.8, 4) is 17.3 Å². The molecule has 3 heterocycles. The van der Waals surface area contributed by atoms with Crippen LogP contribution in [0.2, 0.25) is 0 Å². The highest BCUT2D eigenvalue weighted by Crippen LogP contribution is 2.25. The van der Waals surface area contributed by atoms with Gasteiger partial charge >= 0.3 is 0 Å². The zero-order valence-corrected chi connectivity index (χ0v) is 21.4. The molecule has 194 valence electrons. The Morgan fingerprint density at radius 2 is 1.87 bits per heavy atom. The number of nitrogens with zero attached hydrogens (tertiary/aromatic N) is 4. The van der Waals surface area contributed by atoms with Crippen molar-refractivity contribution in [2.24, 2.45) is 0 Å². The smallest absolute Gasteiger partial charge is 0.258 e. The van der Waals surface area contributed by atoms with Gasteiger partial charge in [-0.25, -0.2) is 9.97 Å². The van der Waals surface area contributed by atoms with Crippen molar-refractivity contribution in [2.75, 3.05) is 31.5 Å². The number of anilines is 2. The van der Waals surface area contributed by atoms with Crippen molar-refractivity contribution >= 4 is 28.6 Å². The van der Waals surface area contributed by atoms with Crippen LogP contribution in [-0.4, -0.2) is 57.5 Å². The Bertz CT molecular complexity index is 1490. The fraction of sp³-hybridized carbons (Fsp3) is 0.214. The number of carbonyl (C=O) groups is 1. The van der Waals surface area contributed by atoms with Gasteiger partial charge in [0, 0.05) is 25.4 Å². The molecular formula is C28H29N7O3. The summed E-state index contributed by atoms with van der Waals surface area (Å²) in [6.45, 7) is 3.03. The van der Waals surface area contributed by atoms with E-state index in [-0.39, 0.29) is 11.9 Å². The summed E-state index contributed by atoms with van der Waals surface area (Å²) < 4.78 is 12.2. The molecule has 1 atom stereocenters. The van der Waals surface area contributed by atoms with E-state index in [2.05, 4.69) is 25.7 Å². The number of para-hydroxylation sites is 2. The van der Waals surface area contributed by atoms with Crippen molar-refractivity contribution in [1.29, 1.82) is 0 Å². The average molecular weight is 512 g/mol. The Labute approximate surface area is 220 Å². The van der Waals surface area contributed by atoms with Crippen molar-refractivity contribution < 1.29 is 14.3 Å². The molecule has 0 saturated heterocycles. The van der Waals surface area contributed by atoms with Crippen LogP contribution in [-0.2, 0) is 11.3 Å². The van der Waals surface area contributed by atoms with E-state index in [1.54, 1.807) is 26.4 Å². The minimum absolute atomic E-state index is 0.0958. The molecule has 3 N–H and O–H groups in total. The topological polar surface area (TPSA) is 119 Å². The molecule has 5 rings (SSSR count). The number of ether oxygens (including phenoxy) is 2. The lowest BCUT2D eigenvalue weighted by molar-refractivity contribution is 0.102. The third kappa shape index (κ3) is 5.65. The van der Waals surface area contributed by atoms with E-state index >= 15 is 0 Å². The van der Waals surface area contributed by atoms with Crippen LogP contribution in [0.25, 0.3) is 22.6 Å². The molecule has 3 aromatic heterocycles. The fourth-order valence-corrected chi connectivity index (χ4v) is 4.11. The number of rotatable bonds is 10. The van der Waals surface area contributed by atoms with Crippen LogP contribution in [0.4, 0.5) is 11.6 Å². The molecule has 10 nitrogen and oxygen atoms in total. The lowest BCUT2D eigenvalue weighted by atomic mass is 10.2. The number of methoxy groups -OCH3 is 2. The Hall–Kier alpha value is -4.70. The maximum Gasteiger partial charge on any atom is 0.258 e. The number of nitrogens with one attached hydrogen (secondary N) is 3. The van der Waals surface area contributed by atoms with Gasteiger partial charge in [0.1, 0.15) is 17.3 Å². The predicted molar refractivity (Wildman–Crippen MR) is 147 cm³/mol. The minimum Gasteiger partial charge on any atom is -0.497 e. The molecule has 0 aliphatic heterocycles. The Morgan fingerprint density at radius 3 is 2.58 bits per heavy atom. The van der Waals surface area contributed by atoms with Crippen LogP contribution in [0.3, 0.4) is 0 Å². The number of aromatic amines is 1. The van der Waals surface area contributed by atoms with Crippen LogP contribution in [0.5, 0.6) is 5.75 Å². The molecule has 0 aliphatic carbocycles. The number of carbonyl (C=O) groups excluding carboxylic acids is 1. The highest BCUT2D eigenvalue weighted by Gasteiger charge is 2.17. The number of aromatic nitrogens is 5. The Morgan fingerprint density at radius 1 is 1.05 bits per heavy atom. The summed E-state index contributed by atoms with van der Waals surface area (Å²) in [4.78, 5) is 25.4. The van der Waals surface area contributed by atoms with Gasteiger partial charge in [-0.15, -0.1) is 0 Å². The fourth-order valence-electron chi connectivity index (χ4n) is 4.11. The third-order valence-electron chi connectivity index (χ3n) is 5.98. The van der Waals surface area contributed by atoms with E-state index in [1.807, 2.05) is 66.2 Å². The molecule has 2 aromatic carbocycles. The summed E-state index contributed by atoms with van der Waals surface area (Å²) in [5.41, 5.74) is 3.97. The van der Waals surface area contributed by atoms with Crippen LogP contribution in [0, 0.1) is 0 Å². The molecule has 38 heavy (non-hydrogen) atoms. The van der Waals surface area contributed by atoms with E-state index in [0.29, 0.717) is 36.2 Å². The molecule has 10 heteroatoms. The van der Waals surface area contributed by atoms with E-state index in [4.69, 9.17) is 14.5 Å². The highest BCUT2D eigenvalue weighted by molar-refractivity contribution is 6.03. The number of benzene rings is 2. The van der Waals surface area contributed by atoms with Gasteiger partial charge in [0.25, 0.3) is 5.91 Å². The number of hydrogen-bond acceptors (Lipinski definition) is 7. The normalized spacial score (nSPS) is 11.9. The average Bonchev–Trinajstić information content (AvgIpc) is 3.53. The van der Waals surface area contributed by atoms with Gasteiger partial charge in [0.05, 0.1) is 36.9 Å². The maximum atomic E-state index is 13.0. The molecule has 0 saturated carbocycles. The lowest BCUT2D eigenvalue weighted by Gasteiger charge is -2.13. The number of H-pyrrole nitrogens is 1. The molecule has 1 amide bonds. The molecule has 5 aromatic rings.